The Hall–Kier alpha value is -2.62. The van der Waals surface area contributed by atoms with E-state index in [0.717, 1.165) is 23.4 Å². The van der Waals surface area contributed by atoms with Crippen molar-refractivity contribution in [1.82, 2.24) is 0 Å². The highest BCUT2D eigenvalue weighted by molar-refractivity contribution is 6.13. The van der Waals surface area contributed by atoms with Crippen LogP contribution in [0.15, 0.2) is 54.6 Å². The number of hydrogen-bond donors (Lipinski definition) is 1. The zero-order valence-corrected chi connectivity index (χ0v) is 13.2. The third-order valence-electron chi connectivity index (χ3n) is 4.25. The number of carbonyl (C=O) groups excluding carboxylic acids is 2. The van der Waals surface area contributed by atoms with E-state index >= 15 is 0 Å². The number of amides is 2. The molecular weight excluding hydrogens is 288 g/mol. The van der Waals surface area contributed by atoms with Crippen LogP contribution in [0, 0.1) is 5.92 Å². The lowest BCUT2D eigenvalue weighted by molar-refractivity contribution is -0.129. The van der Waals surface area contributed by atoms with Crippen molar-refractivity contribution in [1.29, 1.82) is 0 Å². The van der Waals surface area contributed by atoms with Crippen molar-refractivity contribution in [2.75, 3.05) is 16.8 Å². The van der Waals surface area contributed by atoms with Gasteiger partial charge in [-0.3, -0.25) is 9.59 Å². The highest BCUT2D eigenvalue weighted by atomic mass is 16.2. The van der Waals surface area contributed by atoms with Crippen LogP contribution in [-0.2, 0) is 16.0 Å². The predicted octanol–water partition coefficient (Wildman–Crippen LogP) is 3.24. The average Bonchev–Trinajstić information content (AvgIpc) is 2.98. The fraction of sp³-hybridized carbons (Fsp3) is 0.263. The van der Waals surface area contributed by atoms with Crippen molar-refractivity contribution in [3.63, 3.8) is 0 Å². The molecule has 0 spiro atoms. The number of hydrogen-bond acceptors (Lipinski definition) is 2. The van der Waals surface area contributed by atoms with Crippen LogP contribution < -0.4 is 10.2 Å². The second-order valence-electron chi connectivity index (χ2n) is 5.67. The summed E-state index contributed by atoms with van der Waals surface area (Å²) < 4.78 is 0. The number of para-hydroxylation sites is 2. The van der Waals surface area contributed by atoms with Gasteiger partial charge in [-0.1, -0.05) is 43.3 Å². The van der Waals surface area contributed by atoms with Crippen molar-refractivity contribution in [2.45, 2.75) is 19.8 Å². The Kier molecular flexibility index (Phi) is 4.42. The van der Waals surface area contributed by atoms with E-state index in [1.807, 2.05) is 61.5 Å². The predicted molar refractivity (Wildman–Crippen MR) is 91.4 cm³/mol. The maximum atomic E-state index is 12.6. The monoisotopic (exact) mass is 308 g/mol. The van der Waals surface area contributed by atoms with E-state index in [1.54, 1.807) is 4.90 Å². The largest absolute Gasteiger partial charge is 0.325 e. The molecule has 4 nitrogen and oxygen atoms in total. The van der Waals surface area contributed by atoms with E-state index in [1.165, 1.54) is 0 Å². The minimum atomic E-state index is -0.611. The molecule has 0 unspecified atom stereocenters. The summed E-state index contributed by atoms with van der Waals surface area (Å²) in [5.74, 6) is -0.947. The summed E-state index contributed by atoms with van der Waals surface area (Å²) in [5, 5.41) is 2.92. The smallest absolute Gasteiger partial charge is 0.239 e. The second kappa shape index (κ2) is 6.65. The van der Waals surface area contributed by atoms with Gasteiger partial charge in [-0.25, -0.2) is 0 Å². The van der Waals surface area contributed by atoms with Crippen molar-refractivity contribution >= 4 is 23.2 Å². The Morgan fingerprint density at radius 1 is 1.13 bits per heavy atom. The topological polar surface area (TPSA) is 49.4 Å². The normalized spacial score (nSPS) is 17.3. The van der Waals surface area contributed by atoms with Crippen LogP contribution in [0.25, 0.3) is 0 Å². The number of benzene rings is 2. The van der Waals surface area contributed by atoms with Gasteiger partial charge in [0.15, 0.2) is 0 Å². The standard InChI is InChI=1S/C19H20N2O2/c1-2-14-8-6-7-11-17(14)20-18(22)16-12-13-21(19(16)23)15-9-4-3-5-10-15/h3-11,16H,2,12-13H2,1H3,(H,20,22)/t16-/m0/s1. The summed E-state index contributed by atoms with van der Waals surface area (Å²) >= 11 is 0. The summed E-state index contributed by atoms with van der Waals surface area (Å²) in [6, 6.07) is 17.2. The molecule has 4 heteroatoms. The Morgan fingerprint density at radius 2 is 1.83 bits per heavy atom. The molecule has 2 aromatic rings. The molecule has 1 fully saturated rings. The lowest BCUT2D eigenvalue weighted by Gasteiger charge is -2.17. The lowest BCUT2D eigenvalue weighted by Crippen LogP contribution is -2.33. The van der Waals surface area contributed by atoms with E-state index < -0.39 is 5.92 Å². The van der Waals surface area contributed by atoms with Crippen molar-refractivity contribution < 1.29 is 9.59 Å². The SMILES string of the molecule is CCc1ccccc1NC(=O)[C@@H]1CCN(c2ccccc2)C1=O. The fourth-order valence-corrected chi connectivity index (χ4v) is 2.96. The Labute approximate surface area is 136 Å². The van der Waals surface area contributed by atoms with E-state index in [4.69, 9.17) is 0 Å². The minimum absolute atomic E-state index is 0.123. The zero-order chi connectivity index (χ0) is 16.2. The first-order valence-corrected chi connectivity index (χ1v) is 7.96. The van der Waals surface area contributed by atoms with Crippen molar-refractivity contribution in [2.24, 2.45) is 5.92 Å². The van der Waals surface area contributed by atoms with Crippen LogP contribution in [-0.4, -0.2) is 18.4 Å². The molecule has 0 aliphatic carbocycles. The van der Waals surface area contributed by atoms with Crippen LogP contribution in [0.4, 0.5) is 11.4 Å². The van der Waals surface area contributed by atoms with Crippen LogP contribution in [0.2, 0.25) is 0 Å². The number of nitrogens with one attached hydrogen (secondary N) is 1. The van der Waals surface area contributed by atoms with E-state index in [0.29, 0.717) is 13.0 Å². The Balaban J connectivity index is 1.73. The van der Waals surface area contributed by atoms with Crippen molar-refractivity contribution in [3.05, 3.63) is 60.2 Å². The molecule has 2 amide bonds. The molecule has 1 aliphatic rings. The molecular formula is C19H20N2O2. The second-order valence-corrected chi connectivity index (χ2v) is 5.67. The molecule has 1 atom stereocenters. The van der Waals surface area contributed by atoms with E-state index in [9.17, 15) is 9.59 Å². The average molecular weight is 308 g/mol. The quantitative estimate of drug-likeness (QED) is 0.882. The molecule has 23 heavy (non-hydrogen) atoms. The number of anilines is 2. The molecule has 2 aromatic carbocycles. The number of rotatable bonds is 4. The first-order valence-electron chi connectivity index (χ1n) is 7.96. The van der Waals surface area contributed by atoms with Gasteiger partial charge in [-0.2, -0.15) is 0 Å². The van der Waals surface area contributed by atoms with Gasteiger partial charge in [-0.15, -0.1) is 0 Å². The highest BCUT2D eigenvalue weighted by Gasteiger charge is 2.37. The fourth-order valence-electron chi connectivity index (χ4n) is 2.96. The van der Waals surface area contributed by atoms with Gasteiger partial charge in [0, 0.05) is 17.9 Å². The molecule has 0 radical (unpaired) electrons. The van der Waals surface area contributed by atoms with Gasteiger partial charge in [0.1, 0.15) is 5.92 Å². The summed E-state index contributed by atoms with van der Waals surface area (Å²) in [7, 11) is 0. The summed E-state index contributed by atoms with van der Waals surface area (Å²) in [6.07, 6.45) is 1.39. The molecule has 1 aliphatic heterocycles. The Bertz CT molecular complexity index is 712. The third kappa shape index (κ3) is 3.11. The minimum Gasteiger partial charge on any atom is -0.325 e. The van der Waals surface area contributed by atoms with Crippen LogP contribution in [0.3, 0.4) is 0 Å². The maximum absolute atomic E-state index is 12.6. The third-order valence-corrected chi connectivity index (χ3v) is 4.25. The summed E-state index contributed by atoms with van der Waals surface area (Å²) in [5.41, 5.74) is 2.72. The van der Waals surface area contributed by atoms with E-state index in [2.05, 4.69) is 5.32 Å². The number of aryl methyl sites for hydroxylation is 1. The molecule has 1 saturated heterocycles. The van der Waals surface area contributed by atoms with E-state index in [-0.39, 0.29) is 11.8 Å². The lowest BCUT2D eigenvalue weighted by atomic mass is 10.1. The van der Waals surface area contributed by atoms with Gasteiger partial charge in [0.25, 0.3) is 0 Å². The zero-order valence-electron chi connectivity index (χ0n) is 13.2. The first-order chi connectivity index (χ1) is 11.2. The molecule has 118 valence electrons. The Morgan fingerprint density at radius 3 is 2.57 bits per heavy atom. The van der Waals surface area contributed by atoms with Gasteiger partial charge < -0.3 is 10.2 Å². The van der Waals surface area contributed by atoms with Crippen molar-refractivity contribution in [3.8, 4) is 0 Å². The van der Waals surface area contributed by atoms with Gasteiger partial charge >= 0.3 is 0 Å². The van der Waals surface area contributed by atoms with Gasteiger partial charge in [0.05, 0.1) is 0 Å². The molecule has 0 saturated carbocycles. The molecule has 1 heterocycles. The first kappa shape index (κ1) is 15.3. The van der Waals surface area contributed by atoms with Crippen LogP contribution in [0.1, 0.15) is 18.9 Å². The molecule has 1 N–H and O–H groups in total. The molecule has 3 rings (SSSR count). The highest BCUT2D eigenvalue weighted by Crippen LogP contribution is 2.26. The number of nitrogens with zero attached hydrogens (tertiary/aromatic N) is 1. The molecule has 0 aromatic heterocycles. The number of carbonyl (C=O) groups is 2. The van der Waals surface area contributed by atoms with Crippen LogP contribution >= 0.6 is 0 Å². The van der Waals surface area contributed by atoms with Gasteiger partial charge in [0.2, 0.25) is 11.8 Å². The summed E-state index contributed by atoms with van der Waals surface area (Å²) in [4.78, 5) is 26.8. The van der Waals surface area contributed by atoms with Crippen LogP contribution in [0.5, 0.6) is 0 Å². The molecule has 0 bridgehead atoms. The maximum Gasteiger partial charge on any atom is 0.239 e. The summed E-state index contributed by atoms with van der Waals surface area (Å²) in [6.45, 7) is 2.62. The van der Waals surface area contributed by atoms with Gasteiger partial charge in [-0.05, 0) is 36.6 Å².